The summed E-state index contributed by atoms with van der Waals surface area (Å²) in [6, 6.07) is 0.237. The number of amides is 2. The molecule has 2 bridgehead atoms. The highest BCUT2D eigenvalue weighted by Gasteiger charge is 2.50. The van der Waals surface area contributed by atoms with Crippen molar-refractivity contribution in [1.29, 1.82) is 0 Å². The molecule has 0 aromatic heterocycles. The zero-order valence-corrected chi connectivity index (χ0v) is 14.3. The molecule has 1 aliphatic heterocycles. The molecule has 2 amide bonds. The van der Waals surface area contributed by atoms with Crippen molar-refractivity contribution in [1.82, 2.24) is 15.1 Å². The lowest BCUT2D eigenvalue weighted by Gasteiger charge is -2.38. The Kier molecular flexibility index (Phi) is 4.92. The molecule has 3 aliphatic rings. The first kappa shape index (κ1) is 16.7. The van der Waals surface area contributed by atoms with Crippen LogP contribution in [0, 0.1) is 17.8 Å². The molecule has 4 unspecified atom stereocenters. The molecule has 3 fully saturated rings. The Morgan fingerprint density at radius 3 is 2.35 bits per heavy atom. The van der Waals surface area contributed by atoms with Crippen LogP contribution in [-0.2, 0) is 9.59 Å². The average Bonchev–Trinajstić information content (AvgIpc) is 3.07. The van der Waals surface area contributed by atoms with Gasteiger partial charge in [0.15, 0.2) is 0 Å². The Morgan fingerprint density at radius 1 is 1.13 bits per heavy atom. The number of fused-ring (bicyclic) bond motifs is 2. The second-order valence-corrected chi connectivity index (χ2v) is 7.76. The topological polar surface area (TPSA) is 78.7 Å². The lowest BCUT2D eigenvalue weighted by Crippen LogP contribution is -2.55. The van der Waals surface area contributed by atoms with E-state index in [0.717, 1.165) is 19.5 Å². The molecule has 0 aromatic carbocycles. The van der Waals surface area contributed by atoms with E-state index in [0.29, 0.717) is 31.5 Å². The Labute approximate surface area is 138 Å². The van der Waals surface area contributed by atoms with Crippen LogP contribution in [0.1, 0.15) is 33.1 Å². The van der Waals surface area contributed by atoms with Gasteiger partial charge in [0.25, 0.3) is 0 Å². The van der Waals surface area contributed by atoms with Gasteiger partial charge >= 0.3 is 0 Å². The molecule has 3 N–H and O–H groups in total. The van der Waals surface area contributed by atoms with E-state index in [4.69, 9.17) is 5.73 Å². The largest absolute Gasteiger partial charge is 0.353 e. The number of rotatable bonds is 4. The molecule has 0 spiro atoms. The number of hydrogen-bond acceptors (Lipinski definition) is 4. The van der Waals surface area contributed by atoms with Crippen LogP contribution >= 0.6 is 0 Å². The second kappa shape index (κ2) is 6.77. The summed E-state index contributed by atoms with van der Waals surface area (Å²) in [6.07, 6.45) is 3.52. The van der Waals surface area contributed by atoms with E-state index in [1.165, 1.54) is 12.8 Å². The quantitative estimate of drug-likeness (QED) is 0.765. The highest BCUT2D eigenvalue weighted by atomic mass is 16.2. The number of piperazine rings is 1. The van der Waals surface area contributed by atoms with Crippen LogP contribution in [0.15, 0.2) is 0 Å². The standard InChI is InChI=1S/C17H30N4O2/c1-11(2)19-14(22)10-20-5-7-21(8-6-20)17(23)15-12-3-4-13(9-12)16(15)18/h11-13,15-16H,3-10,18H2,1-2H3,(H,19,22). The van der Waals surface area contributed by atoms with Crippen LogP contribution in [0.2, 0.25) is 0 Å². The van der Waals surface area contributed by atoms with Crippen molar-refractivity contribution in [2.24, 2.45) is 23.5 Å². The second-order valence-electron chi connectivity index (χ2n) is 7.76. The SMILES string of the molecule is CC(C)NC(=O)CN1CCN(C(=O)C2C3CCC(C3)C2N)CC1. The van der Waals surface area contributed by atoms with E-state index in [2.05, 4.69) is 10.2 Å². The minimum atomic E-state index is 0.0459. The third kappa shape index (κ3) is 3.53. The van der Waals surface area contributed by atoms with Gasteiger partial charge in [0.05, 0.1) is 12.5 Å². The van der Waals surface area contributed by atoms with Gasteiger partial charge in [-0.1, -0.05) is 0 Å². The fourth-order valence-electron chi connectivity index (χ4n) is 4.61. The number of nitrogens with two attached hydrogens (primary N) is 1. The number of nitrogens with zero attached hydrogens (tertiary/aromatic N) is 2. The summed E-state index contributed by atoms with van der Waals surface area (Å²) in [7, 11) is 0. The molecule has 6 heteroatoms. The van der Waals surface area contributed by atoms with E-state index < -0.39 is 0 Å². The fraction of sp³-hybridized carbons (Fsp3) is 0.882. The zero-order chi connectivity index (χ0) is 16.6. The van der Waals surface area contributed by atoms with Gasteiger partial charge in [-0.05, 0) is 44.9 Å². The molecule has 0 aromatic rings. The molecule has 130 valence electrons. The van der Waals surface area contributed by atoms with E-state index in [1.54, 1.807) is 0 Å². The van der Waals surface area contributed by atoms with Crippen molar-refractivity contribution >= 4 is 11.8 Å². The van der Waals surface area contributed by atoms with Crippen molar-refractivity contribution in [3.63, 3.8) is 0 Å². The minimum Gasteiger partial charge on any atom is -0.353 e. The predicted molar refractivity (Wildman–Crippen MR) is 88.6 cm³/mol. The van der Waals surface area contributed by atoms with Gasteiger partial charge in [-0.15, -0.1) is 0 Å². The summed E-state index contributed by atoms with van der Waals surface area (Å²) in [5.74, 6) is 1.45. The average molecular weight is 322 g/mol. The lowest BCUT2D eigenvalue weighted by molar-refractivity contribution is -0.139. The summed E-state index contributed by atoms with van der Waals surface area (Å²) in [4.78, 5) is 28.8. The predicted octanol–water partition coefficient (Wildman–Crippen LogP) is 0.0286. The van der Waals surface area contributed by atoms with Crippen molar-refractivity contribution in [3.8, 4) is 0 Å². The van der Waals surface area contributed by atoms with Crippen molar-refractivity contribution in [2.45, 2.75) is 45.2 Å². The minimum absolute atomic E-state index is 0.0459. The number of carbonyl (C=O) groups is 2. The number of nitrogens with one attached hydrogen (secondary N) is 1. The van der Waals surface area contributed by atoms with Crippen molar-refractivity contribution < 1.29 is 9.59 Å². The molecule has 2 aliphatic carbocycles. The zero-order valence-electron chi connectivity index (χ0n) is 14.3. The van der Waals surface area contributed by atoms with Gasteiger partial charge in [0.2, 0.25) is 11.8 Å². The van der Waals surface area contributed by atoms with Crippen LogP contribution in [0.25, 0.3) is 0 Å². The highest BCUT2D eigenvalue weighted by Crippen LogP contribution is 2.48. The number of carbonyl (C=O) groups excluding carboxylic acids is 2. The Hall–Kier alpha value is -1.14. The molecule has 1 heterocycles. The van der Waals surface area contributed by atoms with Crippen molar-refractivity contribution in [3.05, 3.63) is 0 Å². The lowest BCUT2D eigenvalue weighted by atomic mass is 9.84. The van der Waals surface area contributed by atoms with Gasteiger partial charge < -0.3 is 16.0 Å². The molecule has 2 saturated carbocycles. The molecule has 1 saturated heterocycles. The normalized spacial score (nSPS) is 34.2. The maximum Gasteiger partial charge on any atom is 0.234 e. The fourth-order valence-corrected chi connectivity index (χ4v) is 4.61. The molecular weight excluding hydrogens is 292 g/mol. The number of hydrogen-bond donors (Lipinski definition) is 2. The molecule has 23 heavy (non-hydrogen) atoms. The van der Waals surface area contributed by atoms with E-state index in [9.17, 15) is 9.59 Å². The third-order valence-electron chi connectivity index (χ3n) is 5.77. The van der Waals surface area contributed by atoms with E-state index in [1.807, 2.05) is 18.7 Å². The Morgan fingerprint density at radius 2 is 1.78 bits per heavy atom. The van der Waals surface area contributed by atoms with Crippen LogP contribution in [0.5, 0.6) is 0 Å². The summed E-state index contributed by atoms with van der Waals surface area (Å²) in [5, 5.41) is 2.92. The molecule has 3 rings (SSSR count). The van der Waals surface area contributed by atoms with Gasteiger partial charge in [-0.2, -0.15) is 0 Å². The molecule has 4 atom stereocenters. The summed E-state index contributed by atoms with van der Waals surface area (Å²) < 4.78 is 0. The Balaban J connectivity index is 1.47. The first-order valence-electron chi connectivity index (χ1n) is 9.01. The smallest absolute Gasteiger partial charge is 0.234 e. The maximum absolute atomic E-state index is 12.8. The third-order valence-corrected chi connectivity index (χ3v) is 5.77. The van der Waals surface area contributed by atoms with Crippen LogP contribution in [0.4, 0.5) is 0 Å². The highest BCUT2D eigenvalue weighted by molar-refractivity contribution is 5.81. The monoisotopic (exact) mass is 322 g/mol. The van der Waals surface area contributed by atoms with Gasteiger partial charge in [0.1, 0.15) is 0 Å². The summed E-state index contributed by atoms with van der Waals surface area (Å²) in [5.41, 5.74) is 6.30. The van der Waals surface area contributed by atoms with Crippen LogP contribution < -0.4 is 11.1 Å². The van der Waals surface area contributed by atoms with Crippen molar-refractivity contribution in [2.75, 3.05) is 32.7 Å². The first-order valence-corrected chi connectivity index (χ1v) is 9.01. The summed E-state index contributed by atoms with van der Waals surface area (Å²) >= 11 is 0. The van der Waals surface area contributed by atoms with Gasteiger partial charge in [-0.3, -0.25) is 14.5 Å². The van der Waals surface area contributed by atoms with E-state index in [-0.39, 0.29) is 29.8 Å². The van der Waals surface area contributed by atoms with Gasteiger partial charge in [0, 0.05) is 38.3 Å². The van der Waals surface area contributed by atoms with Crippen LogP contribution in [-0.4, -0.2) is 66.4 Å². The Bertz CT molecular complexity index is 458. The summed E-state index contributed by atoms with van der Waals surface area (Å²) in [6.45, 7) is 7.33. The first-order chi connectivity index (χ1) is 11.0. The van der Waals surface area contributed by atoms with E-state index >= 15 is 0 Å². The molecular formula is C17H30N4O2. The van der Waals surface area contributed by atoms with Crippen LogP contribution in [0.3, 0.4) is 0 Å². The molecule has 0 radical (unpaired) electrons. The molecule has 6 nitrogen and oxygen atoms in total. The maximum atomic E-state index is 12.8. The van der Waals surface area contributed by atoms with Gasteiger partial charge in [-0.25, -0.2) is 0 Å².